The average molecular weight is 382 g/mol. The number of hydrogen-bond donors (Lipinski definition) is 1. The molecule has 2 fully saturated rings. The van der Waals surface area contributed by atoms with Gasteiger partial charge < -0.3 is 14.8 Å². The van der Waals surface area contributed by atoms with E-state index in [0.717, 1.165) is 37.9 Å². The standard InChI is InChI=1S/C20H26N6O2/c1-15-17(10-22-13-23-15)19(28)26-7-2-5-20(12-26)6-3-18(27)25(11-20)8-4-16-9-21-14-24-16/h9-10,13-14H,2-8,11-12H2,1H3,(H,21,24)/t20-/m0/s1. The molecule has 8 nitrogen and oxygen atoms in total. The number of rotatable bonds is 4. The maximum Gasteiger partial charge on any atom is 0.257 e. The molecule has 2 aromatic rings. The van der Waals surface area contributed by atoms with Crippen LogP contribution in [-0.2, 0) is 11.2 Å². The van der Waals surface area contributed by atoms with Crippen LogP contribution in [0.25, 0.3) is 0 Å². The van der Waals surface area contributed by atoms with E-state index in [1.54, 1.807) is 18.7 Å². The molecule has 2 aliphatic rings. The van der Waals surface area contributed by atoms with Crippen molar-refractivity contribution in [1.29, 1.82) is 0 Å². The van der Waals surface area contributed by atoms with Crippen LogP contribution in [0.15, 0.2) is 25.0 Å². The molecule has 2 aliphatic heterocycles. The Labute approximate surface area is 164 Å². The molecule has 148 valence electrons. The largest absolute Gasteiger partial charge is 0.348 e. The minimum absolute atomic E-state index is 0.00177. The summed E-state index contributed by atoms with van der Waals surface area (Å²) in [6.07, 6.45) is 10.7. The molecular formula is C20H26N6O2. The smallest absolute Gasteiger partial charge is 0.257 e. The number of nitrogens with one attached hydrogen (secondary N) is 1. The first-order chi connectivity index (χ1) is 13.6. The predicted octanol–water partition coefficient (Wildman–Crippen LogP) is 1.60. The van der Waals surface area contributed by atoms with Crippen LogP contribution in [0.5, 0.6) is 0 Å². The number of aromatic amines is 1. The van der Waals surface area contributed by atoms with E-state index in [-0.39, 0.29) is 17.2 Å². The van der Waals surface area contributed by atoms with Gasteiger partial charge >= 0.3 is 0 Å². The first-order valence-corrected chi connectivity index (χ1v) is 9.87. The Balaban J connectivity index is 1.45. The van der Waals surface area contributed by atoms with Gasteiger partial charge in [0, 0.05) is 62.5 Å². The highest BCUT2D eigenvalue weighted by Crippen LogP contribution is 2.39. The number of likely N-dealkylation sites (tertiary alicyclic amines) is 2. The van der Waals surface area contributed by atoms with Gasteiger partial charge in [-0.2, -0.15) is 0 Å². The number of piperidine rings is 2. The minimum atomic E-state index is -0.0145. The lowest BCUT2D eigenvalue weighted by atomic mass is 9.73. The Morgan fingerprint density at radius 2 is 2.14 bits per heavy atom. The highest BCUT2D eigenvalue weighted by atomic mass is 16.2. The van der Waals surface area contributed by atoms with E-state index in [1.165, 1.54) is 6.33 Å². The van der Waals surface area contributed by atoms with Crippen molar-refractivity contribution in [3.63, 3.8) is 0 Å². The van der Waals surface area contributed by atoms with E-state index < -0.39 is 0 Å². The van der Waals surface area contributed by atoms with Crippen LogP contribution in [-0.4, -0.2) is 67.7 Å². The molecule has 4 rings (SSSR count). The van der Waals surface area contributed by atoms with Crippen LogP contribution in [0.3, 0.4) is 0 Å². The molecule has 0 saturated carbocycles. The summed E-state index contributed by atoms with van der Waals surface area (Å²) in [5.41, 5.74) is 2.30. The van der Waals surface area contributed by atoms with E-state index in [9.17, 15) is 9.59 Å². The molecule has 1 N–H and O–H groups in total. The van der Waals surface area contributed by atoms with Crippen LogP contribution < -0.4 is 0 Å². The lowest BCUT2D eigenvalue weighted by molar-refractivity contribution is -0.138. The SMILES string of the molecule is Cc1ncncc1C(=O)N1CCC[C@@]2(CCC(=O)N(CCc3cnc[nH]3)C2)C1. The number of aryl methyl sites for hydroxylation is 1. The number of imidazole rings is 1. The van der Waals surface area contributed by atoms with Crippen molar-refractivity contribution < 1.29 is 9.59 Å². The number of aromatic nitrogens is 4. The Bertz CT molecular complexity index is 852. The van der Waals surface area contributed by atoms with Gasteiger partial charge in [0.15, 0.2) is 0 Å². The molecule has 0 bridgehead atoms. The Morgan fingerprint density at radius 1 is 1.25 bits per heavy atom. The van der Waals surface area contributed by atoms with Crippen LogP contribution in [0.4, 0.5) is 0 Å². The Hall–Kier alpha value is -2.77. The molecule has 2 aromatic heterocycles. The maximum absolute atomic E-state index is 13.0. The number of H-pyrrole nitrogens is 1. The van der Waals surface area contributed by atoms with E-state index in [0.29, 0.717) is 37.3 Å². The molecule has 0 aliphatic carbocycles. The van der Waals surface area contributed by atoms with E-state index in [4.69, 9.17) is 0 Å². The van der Waals surface area contributed by atoms with Gasteiger partial charge in [-0.15, -0.1) is 0 Å². The molecule has 0 unspecified atom stereocenters. The highest BCUT2D eigenvalue weighted by molar-refractivity contribution is 5.95. The molecule has 1 spiro atoms. The summed E-state index contributed by atoms with van der Waals surface area (Å²) < 4.78 is 0. The van der Waals surface area contributed by atoms with Gasteiger partial charge in [0.05, 0.1) is 17.6 Å². The zero-order valence-corrected chi connectivity index (χ0v) is 16.2. The van der Waals surface area contributed by atoms with Crippen LogP contribution in [0.1, 0.15) is 47.4 Å². The summed E-state index contributed by atoms with van der Waals surface area (Å²) in [7, 11) is 0. The van der Waals surface area contributed by atoms with Gasteiger partial charge in [0.25, 0.3) is 5.91 Å². The average Bonchev–Trinajstić information content (AvgIpc) is 3.23. The zero-order chi connectivity index (χ0) is 19.6. The third-order valence-electron chi connectivity index (χ3n) is 6.04. The highest BCUT2D eigenvalue weighted by Gasteiger charge is 2.42. The summed E-state index contributed by atoms with van der Waals surface area (Å²) in [6, 6.07) is 0. The normalized spacial score (nSPS) is 22.7. The quantitative estimate of drug-likeness (QED) is 0.867. The van der Waals surface area contributed by atoms with E-state index >= 15 is 0 Å². The zero-order valence-electron chi connectivity index (χ0n) is 16.2. The fourth-order valence-corrected chi connectivity index (χ4v) is 4.47. The molecule has 0 aromatic carbocycles. The second kappa shape index (κ2) is 7.69. The number of carbonyl (C=O) groups is 2. The monoisotopic (exact) mass is 382 g/mol. The summed E-state index contributed by atoms with van der Waals surface area (Å²) in [5.74, 6) is 0.207. The molecular weight excluding hydrogens is 356 g/mol. The molecule has 2 amide bonds. The topological polar surface area (TPSA) is 95.1 Å². The van der Waals surface area contributed by atoms with Crippen LogP contribution in [0, 0.1) is 12.3 Å². The Morgan fingerprint density at radius 3 is 2.93 bits per heavy atom. The number of amides is 2. The van der Waals surface area contributed by atoms with Gasteiger partial charge in [-0.1, -0.05) is 0 Å². The van der Waals surface area contributed by atoms with Crippen LogP contribution in [0.2, 0.25) is 0 Å². The first kappa shape index (κ1) is 18.6. The molecule has 2 saturated heterocycles. The van der Waals surface area contributed by atoms with Gasteiger partial charge in [-0.3, -0.25) is 9.59 Å². The number of nitrogens with zero attached hydrogens (tertiary/aromatic N) is 5. The van der Waals surface area contributed by atoms with Crippen molar-refractivity contribution in [2.24, 2.45) is 5.41 Å². The van der Waals surface area contributed by atoms with Crippen molar-refractivity contribution in [3.8, 4) is 0 Å². The van der Waals surface area contributed by atoms with Crippen molar-refractivity contribution in [2.45, 2.75) is 39.0 Å². The molecule has 8 heteroatoms. The second-order valence-corrected chi connectivity index (χ2v) is 7.99. The minimum Gasteiger partial charge on any atom is -0.348 e. The fourth-order valence-electron chi connectivity index (χ4n) is 4.47. The van der Waals surface area contributed by atoms with E-state index in [1.807, 2.05) is 16.7 Å². The van der Waals surface area contributed by atoms with Crippen molar-refractivity contribution in [3.05, 3.63) is 42.0 Å². The maximum atomic E-state index is 13.0. The van der Waals surface area contributed by atoms with Crippen LogP contribution >= 0.6 is 0 Å². The molecule has 1 atom stereocenters. The van der Waals surface area contributed by atoms with Crippen molar-refractivity contribution in [1.82, 2.24) is 29.7 Å². The van der Waals surface area contributed by atoms with Gasteiger partial charge in [0.1, 0.15) is 6.33 Å². The summed E-state index contributed by atoms with van der Waals surface area (Å²) >= 11 is 0. The third-order valence-corrected chi connectivity index (χ3v) is 6.04. The second-order valence-electron chi connectivity index (χ2n) is 7.99. The third kappa shape index (κ3) is 3.76. The summed E-state index contributed by atoms with van der Waals surface area (Å²) in [4.78, 5) is 44.7. The van der Waals surface area contributed by atoms with Gasteiger partial charge in [-0.05, 0) is 26.2 Å². The molecule has 28 heavy (non-hydrogen) atoms. The number of carbonyl (C=O) groups excluding carboxylic acids is 2. The van der Waals surface area contributed by atoms with Gasteiger partial charge in [-0.25, -0.2) is 15.0 Å². The summed E-state index contributed by atoms with van der Waals surface area (Å²) in [5, 5.41) is 0. The molecule has 4 heterocycles. The lowest BCUT2D eigenvalue weighted by Crippen LogP contribution is -2.55. The van der Waals surface area contributed by atoms with Crippen molar-refractivity contribution >= 4 is 11.8 Å². The van der Waals surface area contributed by atoms with Crippen molar-refractivity contribution in [2.75, 3.05) is 26.2 Å². The molecule has 0 radical (unpaired) electrons. The number of hydrogen-bond acceptors (Lipinski definition) is 5. The Kier molecular flexibility index (Phi) is 5.11. The predicted molar refractivity (Wildman–Crippen MR) is 102 cm³/mol. The fraction of sp³-hybridized carbons (Fsp3) is 0.550. The summed E-state index contributed by atoms with van der Waals surface area (Å²) in [6.45, 7) is 4.67. The van der Waals surface area contributed by atoms with E-state index in [2.05, 4.69) is 19.9 Å². The first-order valence-electron chi connectivity index (χ1n) is 9.87. The lowest BCUT2D eigenvalue weighted by Gasteiger charge is -2.48. The van der Waals surface area contributed by atoms with Gasteiger partial charge in [0.2, 0.25) is 5.91 Å².